The summed E-state index contributed by atoms with van der Waals surface area (Å²) >= 11 is 1.51. The van der Waals surface area contributed by atoms with Gasteiger partial charge in [0.1, 0.15) is 11.4 Å². The lowest BCUT2D eigenvalue weighted by Crippen LogP contribution is -2.28. The maximum Gasteiger partial charge on any atom is 0.180 e. The summed E-state index contributed by atoms with van der Waals surface area (Å²) in [6.45, 7) is 8.28. The van der Waals surface area contributed by atoms with Crippen molar-refractivity contribution in [2.45, 2.75) is 33.3 Å². The number of fused-ring (bicyclic) bond motifs is 3. The number of nitrogens with two attached hydrogens (primary N) is 1. The highest BCUT2D eigenvalue weighted by atomic mass is 32.1. The first kappa shape index (κ1) is 11.5. The number of rotatable bonds is 0. The van der Waals surface area contributed by atoms with Crippen LogP contribution in [0.15, 0.2) is 12.1 Å². The van der Waals surface area contributed by atoms with Crippen LogP contribution < -0.4 is 10.5 Å². The number of aryl methyl sites for hydroxylation is 2. The number of nitrogen functional groups attached to an aromatic ring is 1. The summed E-state index contributed by atoms with van der Waals surface area (Å²) in [7, 11) is 0. The molecule has 1 aliphatic heterocycles. The van der Waals surface area contributed by atoms with Gasteiger partial charge in [-0.25, -0.2) is 4.98 Å². The van der Waals surface area contributed by atoms with Gasteiger partial charge in [-0.2, -0.15) is 0 Å². The Hall–Kier alpha value is -1.55. The molecule has 2 N–H and O–H groups in total. The minimum Gasteiger partial charge on any atom is -0.481 e. The van der Waals surface area contributed by atoms with Gasteiger partial charge in [-0.3, -0.25) is 0 Å². The van der Waals surface area contributed by atoms with Crippen molar-refractivity contribution in [3.63, 3.8) is 0 Å². The molecule has 1 aliphatic rings. The normalized spacial score (nSPS) is 15.8. The zero-order valence-electron chi connectivity index (χ0n) is 11.0. The average Bonchev–Trinajstić information content (AvgIpc) is 2.64. The van der Waals surface area contributed by atoms with Gasteiger partial charge in [0, 0.05) is 5.56 Å². The van der Waals surface area contributed by atoms with Gasteiger partial charge in [0.05, 0.1) is 10.6 Å². The average molecular weight is 260 g/mol. The van der Waals surface area contributed by atoms with E-state index in [2.05, 4.69) is 44.8 Å². The molecular formula is C14H16N2OS. The Morgan fingerprint density at radius 1 is 1.28 bits per heavy atom. The molecule has 0 radical (unpaired) electrons. The lowest BCUT2D eigenvalue weighted by molar-refractivity contribution is 0.108. The van der Waals surface area contributed by atoms with Crippen LogP contribution in [-0.4, -0.2) is 4.98 Å². The highest BCUT2D eigenvalue weighted by Crippen LogP contribution is 2.49. The van der Waals surface area contributed by atoms with Crippen LogP contribution in [0.4, 0.5) is 5.13 Å². The summed E-state index contributed by atoms with van der Waals surface area (Å²) in [6.07, 6.45) is 0. The molecule has 3 nitrogen and oxygen atoms in total. The van der Waals surface area contributed by atoms with Crippen LogP contribution in [0.1, 0.15) is 29.9 Å². The van der Waals surface area contributed by atoms with Crippen molar-refractivity contribution in [3.8, 4) is 17.0 Å². The summed E-state index contributed by atoms with van der Waals surface area (Å²) in [5.74, 6) is 0.934. The van der Waals surface area contributed by atoms with Crippen LogP contribution in [0.25, 0.3) is 11.3 Å². The molecule has 0 bridgehead atoms. The van der Waals surface area contributed by atoms with E-state index in [0.29, 0.717) is 5.13 Å². The first-order valence-corrected chi connectivity index (χ1v) is 6.77. The molecule has 2 heterocycles. The number of nitrogens with zero attached hydrogens (tertiary/aromatic N) is 1. The Kier molecular flexibility index (Phi) is 2.23. The minimum absolute atomic E-state index is 0.363. The number of hydrogen-bond acceptors (Lipinski definition) is 4. The molecule has 1 aromatic heterocycles. The van der Waals surface area contributed by atoms with Crippen LogP contribution in [0.3, 0.4) is 0 Å². The quantitative estimate of drug-likeness (QED) is 0.786. The molecule has 4 heteroatoms. The zero-order chi connectivity index (χ0) is 13.1. The molecule has 0 saturated carbocycles. The van der Waals surface area contributed by atoms with Crippen LogP contribution in [-0.2, 0) is 5.60 Å². The summed E-state index contributed by atoms with van der Waals surface area (Å²) in [6, 6.07) is 4.26. The second-order valence-electron chi connectivity index (χ2n) is 5.30. The lowest BCUT2D eigenvalue weighted by atomic mass is 9.94. The van der Waals surface area contributed by atoms with E-state index in [0.717, 1.165) is 27.4 Å². The number of hydrogen-bond donors (Lipinski definition) is 1. The Morgan fingerprint density at radius 3 is 2.72 bits per heavy atom. The van der Waals surface area contributed by atoms with Crippen molar-refractivity contribution < 1.29 is 4.74 Å². The van der Waals surface area contributed by atoms with Crippen molar-refractivity contribution in [2.24, 2.45) is 0 Å². The van der Waals surface area contributed by atoms with Crippen molar-refractivity contribution in [3.05, 3.63) is 28.1 Å². The molecule has 0 spiro atoms. The number of ether oxygens (including phenoxy) is 1. The monoisotopic (exact) mass is 260 g/mol. The minimum atomic E-state index is -0.363. The molecule has 0 amide bonds. The second-order valence-corrected chi connectivity index (χ2v) is 6.33. The summed E-state index contributed by atoms with van der Waals surface area (Å²) in [4.78, 5) is 5.60. The van der Waals surface area contributed by atoms with Crippen LogP contribution in [0.5, 0.6) is 5.75 Å². The Labute approximate surface area is 111 Å². The van der Waals surface area contributed by atoms with E-state index in [4.69, 9.17) is 10.5 Å². The lowest BCUT2D eigenvalue weighted by Gasteiger charge is -2.32. The first-order valence-electron chi connectivity index (χ1n) is 5.96. The number of benzene rings is 1. The summed E-state index contributed by atoms with van der Waals surface area (Å²) in [5.41, 5.74) is 9.91. The van der Waals surface area contributed by atoms with E-state index in [-0.39, 0.29) is 5.60 Å². The molecule has 1 aromatic carbocycles. The highest BCUT2D eigenvalue weighted by molar-refractivity contribution is 7.16. The third-order valence-electron chi connectivity index (χ3n) is 3.22. The van der Waals surface area contributed by atoms with E-state index in [1.807, 2.05) is 0 Å². The van der Waals surface area contributed by atoms with Gasteiger partial charge in [0.25, 0.3) is 0 Å². The number of thiazole rings is 1. The maximum absolute atomic E-state index is 6.16. The van der Waals surface area contributed by atoms with Gasteiger partial charge >= 0.3 is 0 Å². The molecule has 2 aromatic rings. The fourth-order valence-corrected chi connectivity index (χ4v) is 3.38. The van der Waals surface area contributed by atoms with Crippen LogP contribution in [0.2, 0.25) is 0 Å². The maximum atomic E-state index is 6.16. The van der Waals surface area contributed by atoms with Crippen molar-refractivity contribution in [1.29, 1.82) is 0 Å². The van der Waals surface area contributed by atoms with Gasteiger partial charge < -0.3 is 10.5 Å². The third kappa shape index (κ3) is 1.52. The largest absolute Gasteiger partial charge is 0.481 e. The fourth-order valence-electron chi connectivity index (χ4n) is 2.49. The van der Waals surface area contributed by atoms with E-state index in [1.165, 1.54) is 16.9 Å². The molecular weight excluding hydrogens is 244 g/mol. The van der Waals surface area contributed by atoms with Gasteiger partial charge in [-0.1, -0.05) is 17.4 Å². The standard InChI is InChI=1S/C14H16N2OS/c1-7-5-8(2)11-9(6-7)10-12(14(3,4)17-11)18-13(15)16-10/h5-6H,1-4H3,(H2,15,16). The fraction of sp³-hybridized carbons (Fsp3) is 0.357. The Balaban J connectivity index is 2.36. The molecule has 0 fully saturated rings. The van der Waals surface area contributed by atoms with Crippen molar-refractivity contribution in [1.82, 2.24) is 4.98 Å². The number of aromatic nitrogens is 1. The van der Waals surface area contributed by atoms with E-state index in [1.54, 1.807) is 0 Å². The molecule has 0 aliphatic carbocycles. The van der Waals surface area contributed by atoms with Crippen molar-refractivity contribution in [2.75, 3.05) is 5.73 Å². The molecule has 0 unspecified atom stereocenters. The SMILES string of the molecule is Cc1cc(C)c2c(c1)-c1nc(N)sc1C(C)(C)O2. The van der Waals surface area contributed by atoms with Crippen molar-refractivity contribution >= 4 is 16.5 Å². The van der Waals surface area contributed by atoms with Gasteiger partial charge in [0.2, 0.25) is 0 Å². The number of anilines is 1. The van der Waals surface area contributed by atoms with Gasteiger partial charge in [-0.05, 0) is 44.9 Å². The first-order chi connectivity index (χ1) is 8.38. The predicted octanol–water partition coefficient (Wildman–Crippen LogP) is 3.64. The summed E-state index contributed by atoms with van der Waals surface area (Å²) in [5, 5.41) is 0.601. The predicted molar refractivity (Wildman–Crippen MR) is 75.1 cm³/mol. The van der Waals surface area contributed by atoms with Crippen LogP contribution in [0, 0.1) is 13.8 Å². The van der Waals surface area contributed by atoms with E-state index < -0.39 is 0 Å². The Morgan fingerprint density at radius 2 is 2.00 bits per heavy atom. The topological polar surface area (TPSA) is 48.1 Å². The molecule has 18 heavy (non-hydrogen) atoms. The Bertz CT molecular complexity index is 643. The van der Waals surface area contributed by atoms with E-state index in [9.17, 15) is 0 Å². The van der Waals surface area contributed by atoms with Crippen LogP contribution >= 0.6 is 11.3 Å². The zero-order valence-corrected chi connectivity index (χ0v) is 11.8. The molecule has 0 atom stereocenters. The van der Waals surface area contributed by atoms with Gasteiger partial charge in [-0.15, -0.1) is 0 Å². The molecule has 94 valence electrons. The third-order valence-corrected chi connectivity index (χ3v) is 4.41. The smallest absolute Gasteiger partial charge is 0.180 e. The van der Waals surface area contributed by atoms with Gasteiger partial charge in [0.15, 0.2) is 5.13 Å². The molecule has 3 rings (SSSR count). The molecule has 0 saturated heterocycles. The second kappa shape index (κ2) is 3.48. The summed E-state index contributed by atoms with van der Waals surface area (Å²) < 4.78 is 6.16. The highest BCUT2D eigenvalue weighted by Gasteiger charge is 2.36. The van der Waals surface area contributed by atoms with E-state index >= 15 is 0 Å².